The van der Waals surface area contributed by atoms with Crippen molar-refractivity contribution in [1.29, 1.82) is 0 Å². The molecule has 0 spiro atoms. The van der Waals surface area contributed by atoms with Gasteiger partial charge in [0.1, 0.15) is 5.75 Å². The van der Waals surface area contributed by atoms with Gasteiger partial charge in [-0.15, -0.1) is 23.7 Å². The summed E-state index contributed by atoms with van der Waals surface area (Å²) < 4.78 is 5.52. The molecule has 1 N–H and O–H groups in total. The molecule has 0 aliphatic rings. The third kappa shape index (κ3) is 4.41. The van der Waals surface area contributed by atoms with E-state index >= 15 is 0 Å². The maximum atomic E-state index is 5.52. The summed E-state index contributed by atoms with van der Waals surface area (Å²) in [7, 11) is 0. The third-order valence-corrected chi connectivity index (χ3v) is 4.08. The van der Waals surface area contributed by atoms with Gasteiger partial charge in [-0.2, -0.15) is 0 Å². The van der Waals surface area contributed by atoms with E-state index in [0.717, 1.165) is 12.3 Å². The standard InChI is InChI=1S/C17H19NOS/c1-3-4-11-19-16-9-7-15(8-10-16)13-18-14(2)17-6-5-12-20-17/h1,5-10,12,14,18H,4,11,13H2,2H3. The summed E-state index contributed by atoms with van der Waals surface area (Å²) in [5, 5.41) is 5.62. The average Bonchev–Trinajstić information content (AvgIpc) is 3.01. The van der Waals surface area contributed by atoms with Crippen LogP contribution in [0.5, 0.6) is 5.75 Å². The Balaban J connectivity index is 1.80. The lowest BCUT2D eigenvalue weighted by Crippen LogP contribution is -2.17. The SMILES string of the molecule is C#CCCOc1ccc(CNC(C)c2cccs2)cc1. The van der Waals surface area contributed by atoms with Crippen molar-refractivity contribution < 1.29 is 4.74 Å². The monoisotopic (exact) mass is 285 g/mol. The van der Waals surface area contributed by atoms with E-state index in [-0.39, 0.29) is 0 Å². The van der Waals surface area contributed by atoms with Crippen LogP contribution in [0.2, 0.25) is 0 Å². The molecule has 1 atom stereocenters. The fourth-order valence-electron chi connectivity index (χ4n) is 1.84. The zero-order valence-electron chi connectivity index (χ0n) is 11.6. The highest BCUT2D eigenvalue weighted by Crippen LogP contribution is 2.19. The second kappa shape index (κ2) is 7.74. The second-order valence-corrected chi connectivity index (χ2v) is 5.54. The fourth-order valence-corrected chi connectivity index (χ4v) is 2.60. The van der Waals surface area contributed by atoms with Crippen molar-refractivity contribution in [2.45, 2.75) is 25.9 Å². The Morgan fingerprint density at radius 2 is 2.10 bits per heavy atom. The molecule has 2 nitrogen and oxygen atoms in total. The molecule has 2 aromatic rings. The molecular weight excluding hydrogens is 266 g/mol. The first-order valence-corrected chi connectivity index (χ1v) is 7.59. The van der Waals surface area contributed by atoms with Crippen molar-refractivity contribution >= 4 is 11.3 Å². The predicted molar refractivity (Wildman–Crippen MR) is 85.0 cm³/mol. The normalized spacial score (nSPS) is 11.8. The Hall–Kier alpha value is -1.76. The number of hydrogen-bond acceptors (Lipinski definition) is 3. The summed E-state index contributed by atoms with van der Waals surface area (Å²) in [6.07, 6.45) is 5.83. The largest absolute Gasteiger partial charge is 0.493 e. The summed E-state index contributed by atoms with van der Waals surface area (Å²) in [6.45, 7) is 3.61. The number of benzene rings is 1. The quantitative estimate of drug-likeness (QED) is 0.613. The van der Waals surface area contributed by atoms with Crippen molar-refractivity contribution in [2.24, 2.45) is 0 Å². The van der Waals surface area contributed by atoms with Crippen LogP contribution in [-0.2, 0) is 6.54 Å². The van der Waals surface area contributed by atoms with Crippen LogP contribution in [0.1, 0.15) is 29.8 Å². The molecule has 0 aliphatic heterocycles. The highest BCUT2D eigenvalue weighted by atomic mass is 32.1. The van der Waals surface area contributed by atoms with Gasteiger partial charge in [0.25, 0.3) is 0 Å². The van der Waals surface area contributed by atoms with Gasteiger partial charge in [0.05, 0.1) is 6.61 Å². The number of terminal acetylenes is 1. The highest BCUT2D eigenvalue weighted by molar-refractivity contribution is 7.10. The maximum Gasteiger partial charge on any atom is 0.119 e. The van der Waals surface area contributed by atoms with Crippen molar-refractivity contribution in [3.05, 3.63) is 52.2 Å². The Kier molecular flexibility index (Phi) is 5.67. The molecule has 1 unspecified atom stereocenters. The minimum atomic E-state index is 0.376. The summed E-state index contributed by atoms with van der Waals surface area (Å²) in [5.41, 5.74) is 1.25. The van der Waals surface area contributed by atoms with E-state index < -0.39 is 0 Å². The van der Waals surface area contributed by atoms with Crippen molar-refractivity contribution in [3.63, 3.8) is 0 Å². The van der Waals surface area contributed by atoms with E-state index in [4.69, 9.17) is 11.2 Å². The lowest BCUT2D eigenvalue weighted by Gasteiger charge is -2.12. The van der Waals surface area contributed by atoms with Gasteiger partial charge >= 0.3 is 0 Å². The second-order valence-electron chi connectivity index (χ2n) is 4.56. The molecule has 0 bridgehead atoms. The van der Waals surface area contributed by atoms with Gasteiger partial charge in [-0.25, -0.2) is 0 Å². The van der Waals surface area contributed by atoms with Crippen LogP contribution in [0.3, 0.4) is 0 Å². The number of thiophene rings is 1. The highest BCUT2D eigenvalue weighted by Gasteiger charge is 2.05. The maximum absolute atomic E-state index is 5.52. The van der Waals surface area contributed by atoms with Gasteiger partial charge in [0.15, 0.2) is 0 Å². The van der Waals surface area contributed by atoms with E-state index in [2.05, 4.69) is 47.8 Å². The van der Waals surface area contributed by atoms with E-state index in [0.29, 0.717) is 19.1 Å². The molecule has 0 aliphatic carbocycles. The molecule has 104 valence electrons. The molecule has 0 saturated carbocycles. The first kappa shape index (κ1) is 14.6. The molecule has 0 fully saturated rings. The first-order chi connectivity index (χ1) is 9.79. The zero-order valence-corrected chi connectivity index (χ0v) is 12.5. The van der Waals surface area contributed by atoms with Gasteiger partial charge in [0.2, 0.25) is 0 Å². The summed E-state index contributed by atoms with van der Waals surface area (Å²) >= 11 is 1.78. The van der Waals surface area contributed by atoms with Gasteiger partial charge in [-0.3, -0.25) is 0 Å². The lowest BCUT2D eigenvalue weighted by atomic mass is 10.2. The molecule has 1 heterocycles. The van der Waals surface area contributed by atoms with Gasteiger partial charge in [-0.05, 0) is 36.1 Å². The number of rotatable bonds is 7. The van der Waals surface area contributed by atoms with Crippen LogP contribution in [0.4, 0.5) is 0 Å². The van der Waals surface area contributed by atoms with Gasteiger partial charge < -0.3 is 10.1 Å². The fraction of sp³-hybridized carbons (Fsp3) is 0.294. The third-order valence-electron chi connectivity index (χ3n) is 3.02. The van der Waals surface area contributed by atoms with Crippen molar-refractivity contribution in [1.82, 2.24) is 5.32 Å². The van der Waals surface area contributed by atoms with Crippen LogP contribution >= 0.6 is 11.3 Å². The Bertz CT molecular complexity index is 539. The van der Waals surface area contributed by atoms with Crippen LogP contribution in [0.25, 0.3) is 0 Å². The Labute approximate surface area is 124 Å². The molecule has 0 saturated heterocycles. The van der Waals surface area contributed by atoms with Crippen LogP contribution in [-0.4, -0.2) is 6.61 Å². The van der Waals surface area contributed by atoms with E-state index in [9.17, 15) is 0 Å². The van der Waals surface area contributed by atoms with Crippen LogP contribution in [0, 0.1) is 12.3 Å². The molecule has 0 amide bonds. The molecule has 1 aromatic carbocycles. The van der Waals surface area contributed by atoms with Gasteiger partial charge in [0, 0.05) is 23.9 Å². The smallest absolute Gasteiger partial charge is 0.119 e. The van der Waals surface area contributed by atoms with Crippen LogP contribution in [0.15, 0.2) is 41.8 Å². The van der Waals surface area contributed by atoms with Gasteiger partial charge in [-0.1, -0.05) is 18.2 Å². The number of hydrogen-bond donors (Lipinski definition) is 1. The molecule has 2 rings (SSSR count). The molecule has 0 radical (unpaired) electrons. The first-order valence-electron chi connectivity index (χ1n) is 6.71. The Morgan fingerprint density at radius 3 is 2.75 bits per heavy atom. The minimum Gasteiger partial charge on any atom is -0.493 e. The van der Waals surface area contributed by atoms with E-state index in [1.165, 1.54) is 10.4 Å². The summed E-state index contributed by atoms with van der Waals surface area (Å²) in [6, 6.07) is 12.8. The summed E-state index contributed by atoms with van der Waals surface area (Å²) in [5.74, 6) is 3.43. The average molecular weight is 285 g/mol. The van der Waals surface area contributed by atoms with Crippen molar-refractivity contribution in [3.8, 4) is 18.1 Å². The molecule has 1 aromatic heterocycles. The minimum absolute atomic E-state index is 0.376. The molecule has 3 heteroatoms. The van der Waals surface area contributed by atoms with E-state index in [1.54, 1.807) is 11.3 Å². The van der Waals surface area contributed by atoms with E-state index in [1.807, 2.05) is 12.1 Å². The number of nitrogens with one attached hydrogen (secondary N) is 1. The molecular formula is C17H19NOS. The van der Waals surface area contributed by atoms with Crippen LogP contribution < -0.4 is 10.1 Å². The molecule has 20 heavy (non-hydrogen) atoms. The van der Waals surface area contributed by atoms with Crippen molar-refractivity contribution in [2.75, 3.05) is 6.61 Å². The Morgan fingerprint density at radius 1 is 1.30 bits per heavy atom. The zero-order chi connectivity index (χ0) is 14.2. The summed E-state index contributed by atoms with van der Waals surface area (Å²) in [4.78, 5) is 1.36. The lowest BCUT2D eigenvalue weighted by molar-refractivity contribution is 0.327. The number of ether oxygens (including phenoxy) is 1. The predicted octanol–water partition coefficient (Wildman–Crippen LogP) is 4.00. The topological polar surface area (TPSA) is 21.3 Å².